The molecule has 1 atom stereocenters. The zero-order valence-corrected chi connectivity index (χ0v) is 12.8. The minimum Gasteiger partial charge on any atom is -0.309 e. The molecule has 0 saturated carbocycles. The predicted octanol–water partition coefficient (Wildman–Crippen LogP) is 4.37. The van der Waals surface area contributed by atoms with E-state index in [4.69, 9.17) is 0 Å². The molecule has 0 spiro atoms. The SMILES string of the molecule is CNC(c1ccc(C)c(C)c1)c1c(C)cc(F)cc1C. The number of aryl methyl sites for hydroxylation is 4. The summed E-state index contributed by atoms with van der Waals surface area (Å²) in [5.74, 6) is -0.168. The largest absolute Gasteiger partial charge is 0.309 e. The smallest absolute Gasteiger partial charge is 0.123 e. The fourth-order valence-corrected chi connectivity index (χ4v) is 2.80. The standard InChI is InChI=1S/C18H22FN/c1-11-6-7-15(8-12(11)2)18(20-5)17-13(3)9-16(19)10-14(17)4/h6-10,18,20H,1-5H3. The Morgan fingerprint density at radius 3 is 1.95 bits per heavy atom. The number of hydrogen-bond acceptors (Lipinski definition) is 1. The van der Waals surface area contributed by atoms with Gasteiger partial charge in [-0.05, 0) is 80.3 Å². The number of halogens is 1. The first-order chi connectivity index (χ1) is 9.43. The fourth-order valence-electron chi connectivity index (χ4n) is 2.80. The number of hydrogen-bond donors (Lipinski definition) is 1. The Balaban J connectivity index is 2.55. The average molecular weight is 271 g/mol. The predicted molar refractivity (Wildman–Crippen MR) is 82.7 cm³/mol. The third-order valence-corrected chi connectivity index (χ3v) is 4.00. The molecule has 2 aromatic carbocycles. The Morgan fingerprint density at radius 2 is 1.45 bits per heavy atom. The molecule has 0 radical (unpaired) electrons. The second-order valence-corrected chi connectivity index (χ2v) is 5.52. The zero-order valence-electron chi connectivity index (χ0n) is 12.8. The molecule has 106 valence electrons. The van der Waals surface area contributed by atoms with E-state index in [-0.39, 0.29) is 11.9 Å². The van der Waals surface area contributed by atoms with E-state index in [1.54, 1.807) is 12.1 Å². The van der Waals surface area contributed by atoms with Gasteiger partial charge >= 0.3 is 0 Å². The van der Waals surface area contributed by atoms with Gasteiger partial charge in [-0.1, -0.05) is 18.2 Å². The van der Waals surface area contributed by atoms with Crippen LogP contribution in [-0.2, 0) is 0 Å². The molecule has 0 heterocycles. The van der Waals surface area contributed by atoms with Crippen LogP contribution in [0.2, 0.25) is 0 Å². The Labute approximate surface area is 120 Å². The van der Waals surface area contributed by atoms with Gasteiger partial charge in [-0.2, -0.15) is 0 Å². The van der Waals surface area contributed by atoms with Crippen LogP contribution >= 0.6 is 0 Å². The van der Waals surface area contributed by atoms with Crippen LogP contribution in [0.5, 0.6) is 0 Å². The summed E-state index contributed by atoms with van der Waals surface area (Å²) in [5.41, 5.74) is 6.92. The highest BCUT2D eigenvalue weighted by atomic mass is 19.1. The van der Waals surface area contributed by atoms with Crippen molar-refractivity contribution in [1.82, 2.24) is 5.32 Å². The molecule has 0 aliphatic heterocycles. The van der Waals surface area contributed by atoms with Gasteiger partial charge in [0.1, 0.15) is 5.82 Å². The number of nitrogens with one attached hydrogen (secondary N) is 1. The first-order valence-corrected chi connectivity index (χ1v) is 6.95. The summed E-state index contributed by atoms with van der Waals surface area (Å²) in [6.45, 7) is 8.17. The molecule has 2 aromatic rings. The summed E-state index contributed by atoms with van der Waals surface area (Å²) in [6.07, 6.45) is 0. The van der Waals surface area contributed by atoms with E-state index in [9.17, 15) is 4.39 Å². The molecule has 1 unspecified atom stereocenters. The van der Waals surface area contributed by atoms with Gasteiger partial charge in [-0.25, -0.2) is 4.39 Å². The second kappa shape index (κ2) is 5.76. The highest BCUT2D eigenvalue weighted by Crippen LogP contribution is 2.29. The Bertz CT molecular complexity index is 608. The minimum absolute atomic E-state index is 0.0925. The zero-order chi connectivity index (χ0) is 14.9. The van der Waals surface area contributed by atoms with Crippen molar-refractivity contribution in [3.63, 3.8) is 0 Å². The van der Waals surface area contributed by atoms with Crippen LogP contribution in [0, 0.1) is 33.5 Å². The van der Waals surface area contributed by atoms with Crippen LogP contribution in [-0.4, -0.2) is 7.05 Å². The van der Waals surface area contributed by atoms with E-state index in [2.05, 4.69) is 37.4 Å². The van der Waals surface area contributed by atoms with Crippen LogP contribution in [0.4, 0.5) is 4.39 Å². The Kier molecular flexibility index (Phi) is 4.24. The van der Waals surface area contributed by atoms with Gasteiger partial charge in [-0.3, -0.25) is 0 Å². The molecule has 0 amide bonds. The van der Waals surface area contributed by atoms with Crippen LogP contribution in [0.3, 0.4) is 0 Å². The molecule has 0 fully saturated rings. The Hall–Kier alpha value is -1.67. The van der Waals surface area contributed by atoms with E-state index in [1.165, 1.54) is 16.7 Å². The molecule has 0 aliphatic rings. The van der Waals surface area contributed by atoms with Crippen LogP contribution in [0.25, 0.3) is 0 Å². The van der Waals surface area contributed by atoms with Crippen LogP contribution in [0.1, 0.15) is 39.4 Å². The van der Waals surface area contributed by atoms with E-state index in [0.717, 1.165) is 16.7 Å². The molecule has 2 heteroatoms. The van der Waals surface area contributed by atoms with Gasteiger partial charge in [-0.15, -0.1) is 0 Å². The van der Waals surface area contributed by atoms with E-state index in [0.29, 0.717) is 0 Å². The van der Waals surface area contributed by atoms with E-state index in [1.807, 2.05) is 20.9 Å². The van der Waals surface area contributed by atoms with Gasteiger partial charge in [0.2, 0.25) is 0 Å². The lowest BCUT2D eigenvalue weighted by atomic mass is 9.90. The lowest BCUT2D eigenvalue weighted by Crippen LogP contribution is -2.20. The molecule has 0 saturated heterocycles. The lowest BCUT2D eigenvalue weighted by Gasteiger charge is -2.22. The lowest BCUT2D eigenvalue weighted by molar-refractivity contribution is 0.618. The van der Waals surface area contributed by atoms with Crippen LogP contribution in [0.15, 0.2) is 30.3 Å². The highest BCUT2D eigenvalue weighted by Gasteiger charge is 2.17. The van der Waals surface area contributed by atoms with Gasteiger partial charge in [0.25, 0.3) is 0 Å². The monoisotopic (exact) mass is 271 g/mol. The van der Waals surface area contributed by atoms with Crippen molar-refractivity contribution >= 4 is 0 Å². The maximum absolute atomic E-state index is 13.5. The Morgan fingerprint density at radius 1 is 0.850 bits per heavy atom. The van der Waals surface area contributed by atoms with Gasteiger partial charge in [0.15, 0.2) is 0 Å². The topological polar surface area (TPSA) is 12.0 Å². The molecule has 0 aliphatic carbocycles. The van der Waals surface area contributed by atoms with Crippen molar-refractivity contribution in [1.29, 1.82) is 0 Å². The minimum atomic E-state index is -0.168. The quantitative estimate of drug-likeness (QED) is 0.874. The fraction of sp³-hybridized carbons (Fsp3) is 0.333. The summed E-state index contributed by atoms with van der Waals surface area (Å²) >= 11 is 0. The van der Waals surface area contributed by atoms with Gasteiger partial charge in [0, 0.05) is 0 Å². The van der Waals surface area contributed by atoms with Crippen molar-refractivity contribution in [2.75, 3.05) is 7.05 Å². The van der Waals surface area contributed by atoms with Crippen molar-refractivity contribution in [3.8, 4) is 0 Å². The summed E-state index contributed by atoms with van der Waals surface area (Å²) < 4.78 is 13.5. The summed E-state index contributed by atoms with van der Waals surface area (Å²) in [5, 5.41) is 3.36. The first-order valence-electron chi connectivity index (χ1n) is 6.95. The third kappa shape index (κ3) is 2.75. The molecular weight excluding hydrogens is 249 g/mol. The van der Waals surface area contributed by atoms with Crippen molar-refractivity contribution in [3.05, 3.63) is 69.5 Å². The molecule has 0 bridgehead atoms. The molecule has 20 heavy (non-hydrogen) atoms. The highest BCUT2D eigenvalue weighted by molar-refractivity contribution is 5.44. The molecular formula is C18H22FN. The van der Waals surface area contributed by atoms with Crippen molar-refractivity contribution in [2.45, 2.75) is 33.7 Å². The second-order valence-electron chi connectivity index (χ2n) is 5.52. The number of benzene rings is 2. The summed E-state index contributed by atoms with van der Waals surface area (Å²) in [7, 11) is 1.95. The number of rotatable bonds is 3. The van der Waals surface area contributed by atoms with Crippen LogP contribution < -0.4 is 5.32 Å². The first kappa shape index (κ1) is 14.7. The van der Waals surface area contributed by atoms with E-state index < -0.39 is 0 Å². The van der Waals surface area contributed by atoms with Gasteiger partial charge in [0.05, 0.1) is 6.04 Å². The third-order valence-electron chi connectivity index (χ3n) is 4.00. The van der Waals surface area contributed by atoms with E-state index >= 15 is 0 Å². The maximum atomic E-state index is 13.5. The van der Waals surface area contributed by atoms with Crippen molar-refractivity contribution in [2.24, 2.45) is 0 Å². The molecule has 1 N–H and O–H groups in total. The van der Waals surface area contributed by atoms with Gasteiger partial charge < -0.3 is 5.32 Å². The summed E-state index contributed by atoms with van der Waals surface area (Å²) in [4.78, 5) is 0. The molecule has 0 aromatic heterocycles. The summed E-state index contributed by atoms with van der Waals surface area (Å²) in [6, 6.07) is 9.80. The average Bonchev–Trinajstić information content (AvgIpc) is 2.37. The maximum Gasteiger partial charge on any atom is 0.123 e. The van der Waals surface area contributed by atoms with Crippen molar-refractivity contribution < 1.29 is 4.39 Å². The molecule has 1 nitrogen and oxygen atoms in total. The normalized spacial score (nSPS) is 12.5. The molecule has 2 rings (SSSR count).